The molecule has 0 heterocycles. The molecule has 3 unspecified atom stereocenters. The monoisotopic (exact) mass is 1120 g/mol. The molecule has 79 heavy (non-hydrogen) atoms. The maximum atomic E-state index is 13.5. The number of esters is 1. The first-order chi connectivity index (χ1) is 38.4. The van der Waals surface area contributed by atoms with Crippen LogP contribution in [0.1, 0.15) is 239 Å². The molecule has 0 rings (SSSR count). The number of hydrogen-bond acceptors (Lipinski definition) is 6. The zero-order valence-electron chi connectivity index (χ0n) is 51.3. The minimum absolute atomic E-state index is 0.0159. The fourth-order valence-corrected chi connectivity index (χ4v) is 8.98. The molecular formula is C69H118N2O7P+. The number of ether oxygens (including phenoxy) is 1. The van der Waals surface area contributed by atoms with Gasteiger partial charge < -0.3 is 19.4 Å². The highest BCUT2D eigenvalue weighted by molar-refractivity contribution is 7.47. The Bertz CT molecular complexity index is 1810. The van der Waals surface area contributed by atoms with Crippen molar-refractivity contribution in [3.05, 3.63) is 134 Å². The van der Waals surface area contributed by atoms with E-state index in [4.69, 9.17) is 13.8 Å². The lowest BCUT2D eigenvalue weighted by Crippen LogP contribution is -2.47. The fourth-order valence-electron chi connectivity index (χ4n) is 8.24. The van der Waals surface area contributed by atoms with Gasteiger partial charge in [-0.1, -0.05) is 245 Å². The highest BCUT2D eigenvalue weighted by atomic mass is 31.2. The van der Waals surface area contributed by atoms with E-state index in [0.717, 1.165) is 109 Å². The largest absolute Gasteiger partial charge is 0.472 e. The van der Waals surface area contributed by atoms with Crippen LogP contribution in [0.3, 0.4) is 0 Å². The molecule has 0 bridgehead atoms. The normalized spacial score (nSPS) is 14.6. The van der Waals surface area contributed by atoms with Crippen LogP contribution in [0.5, 0.6) is 0 Å². The number of rotatable bonds is 55. The number of nitrogens with zero attached hydrogens (tertiary/aromatic N) is 1. The molecule has 10 heteroatoms. The number of likely N-dealkylation sites (N-methyl/N-ethyl adjacent to an activating group) is 1. The van der Waals surface area contributed by atoms with Gasteiger partial charge in [0.25, 0.3) is 0 Å². The Kier molecular flexibility index (Phi) is 54.6. The first kappa shape index (κ1) is 75.2. The van der Waals surface area contributed by atoms with E-state index in [1.54, 1.807) is 0 Å². The lowest BCUT2D eigenvalue weighted by Gasteiger charge is -2.27. The van der Waals surface area contributed by atoms with Crippen LogP contribution in [0, 0.1) is 0 Å². The second kappa shape index (κ2) is 57.4. The van der Waals surface area contributed by atoms with E-state index in [2.05, 4.69) is 135 Å². The molecule has 0 aromatic heterocycles. The highest BCUT2D eigenvalue weighted by Crippen LogP contribution is 2.43. The lowest BCUT2D eigenvalue weighted by molar-refractivity contribution is -0.870. The third kappa shape index (κ3) is 58.6. The Morgan fingerprint density at radius 1 is 0.456 bits per heavy atom. The first-order valence-electron chi connectivity index (χ1n) is 31.5. The van der Waals surface area contributed by atoms with Gasteiger partial charge in [-0.15, -0.1) is 0 Å². The Morgan fingerprint density at radius 3 is 1.27 bits per heavy atom. The van der Waals surface area contributed by atoms with Gasteiger partial charge in [0, 0.05) is 12.8 Å². The molecule has 0 saturated heterocycles. The summed E-state index contributed by atoms with van der Waals surface area (Å²) in [5, 5.41) is 3.00. The molecule has 0 spiro atoms. The lowest BCUT2D eigenvalue weighted by atomic mass is 10.0. The number of allylic oxidation sites excluding steroid dienone is 21. The topological polar surface area (TPSA) is 111 Å². The Morgan fingerprint density at radius 2 is 0.823 bits per heavy atom. The number of hydrogen-bond donors (Lipinski definition) is 2. The van der Waals surface area contributed by atoms with Gasteiger partial charge in [0.15, 0.2) is 0 Å². The Balaban J connectivity index is 5.44. The van der Waals surface area contributed by atoms with Crippen molar-refractivity contribution in [1.82, 2.24) is 5.32 Å². The molecule has 9 nitrogen and oxygen atoms in total. The summed E-state index contributed by atoms with van der Waals surface area (Å²) in [6, 6.07) is -0.907. The molecule has 1 amide bonds. The van der Waals surface area contributed by atoms with Crippen LogP contribution < -0.4 is 5.32 Å². The third-order valence-electron chi connectivity index (χ3n) is 13.1. The van der Waals surface area contributed by atoms with E-state index >= 15 is 0 Å². The van der Waals surface area contributed by atoms with E-state index in [1.165, 1.54) is 83.5 Å². The van der Waals surface area contributed by atoms with Crippen molar-refractivity contribution in [2.24, 2.45) is 0 Å². The quantitative estimate of drug-likeness (QED) is 0.0205. The number of carbonyl (C=O) groups excluding carboxylic acids is 2. The van der Waals surface area contributed by atoms with Gasteiger partial charge in [0.2, 0.25) is 5.91 Å². The van der Waals surface area contributed by atoms with Crippen LogP contribution in [0.15, 0.2) is 134 Å². The molecule has 0 fully saturated rings. The number of amides is 1. The van der Waals surface area contributed by atoms with Crippen molar-refractivity contribution in [3.8, 4) is 0 Å². The van der Waals surface area contributed by atoms with Crippen molar-refractivity contribution in [2.45, 2.75) is 251 Å². The van der Waals surface area contributed by atoms with Crippen molar-refractivity contribution in [3.63, 3.8) is 0 Å². The maximum Gasteiger partial charge on any atom is 0.472 e. The number of unbranched alkanes of at least 4 members (excludes halogenated alkanes) is 19. The fraction of sp³-hybridized carbons (Fsp3) is 0.652. The number of quaternary nitrogens is 1. The smallest absolute Gasteiger partial charge is 0.456 e. The molecule has 0 radical (unpaired) electrons. The van der Waals surface area contributed by atoms with Crippen LogP contribution >= 0.6 is 7.82 Å². The van der Waals surface area contributed by atoms with Crippen LogP contribution in [-0.2, 0) is 27.9 Å². The average Bonchev–Trinajstić information content (AvgIpc) is 3.41. The summed E-state index contributed by atoms with van der Waals surface area (Å²) in [6.07, 6.45) is 81.8. The summed E-state index contributed by atoms with van der Waals surface area (Å²) in [7, 11) is 1.42. The predicted molar refractivity (Wildman–Crippen MR) is 341 cm³/mol. The van der Waals surface area contributed by atoms with Crippen LogP contribution in [0.25, 0.3) is 0 Å². The van der Waals surface area contributed by atoms with Crippen molar-refractivity contribution < 1.29 is 37.3 Å². The van der Waals surface area contributed by atoms with Crippen molar-refractivity contribution in [1.29, 1.82) is 0 Å². The molecule has 0 aromatic carbocycles. The maximum absolute atomic E-state index is 13.5. The van der Waals surface area contributed by atoms with E-state index in [9.17, 15) is 19.0 Å². The molecule has 0 aliphatic heterocycles. The Labute approximate surface area is 485 Å². The summed E-state index contributed by atoms with van der Waals surface area (Å²) in [5.41, 5.74) is 0. The van der Waals surface area contributed by atoms with Gasteiger partial charge >= 0.3 is 13.8 Å². The average molecular weight is 1120 g/mol. The molecule has 0 aliphatic rings. The number of carbonyl (C=O) groups is 2. The minimum atomic E-state index is -4.48. The van der Waals surface area contributed by atoms with E-state index in [-0.39, 0.29) is 37.9 Å². The molecule has 0 aromatic rings. The van der Waals surface area contributed by atoms with Gasteiger partial charge in [0.05, 0.1) is 33.8 Å². The van der Waals surface area contributed by atoms with Gasteiger partial charge in [-0.25, -0.2) is 4.57 Å². The van der Waals surface area contributed by atoms with E-state index in [0.29, 0.717) is 23.9 Å². The van der Waals surface area contributed by atoms with Gasteiger partial charge in [-0.3, -0.25) is 18.6 Å². The molecular weight excluding hydrogens is 1000 g/mol. The minimum Gasteiger partial charge on any atom is -0.456 e. The summed E-state index contributed by atoms with van der Waals surface area (Å²) >= 11 is 0. The number of phosphoric ester groups is 1. The number of phosphoric acid groups is 1. The summed E-state index contributed by atoms with van der Waals surface area (Å²) in [5.74, 6) is -0.633. The predicted octanol–water partition coefficient (Wildman–Crippen LogP) is 19.7. The SMILES string of the molecule is CC/C=C\C/C=C\C/C=C\C/C=C\C/C=C\C/C=C\CCC(=O)NC(COP(=O)(O)OCC[N+](C)(C)C)C(/C=C/CCCCCCCCCCCCC)OC(=O)CCCCCCC/C=C\C/C=C\C/C=C\C/C=C\CCCCC. The second-order valence-electron chi connectivity index (χ2n) is 21.8. The first-order valence-corrected chi connectivity index (χ1v) is 33.0. The highest BCUT2D eigenvalue weighted by Gasteiger charge is 2.30. The molecule has 0 aliphatic carbocycles. The molecule has 2 N–H and O–H groups in total. The summed E-state index contributed by atoms with van der Waals surface area (Å²) in [6.45, 7) is 6.78. The van der Waals surface area contributed by atoms with Crippen LogP contribution in [0.2, 0.25) is 0 Å². The molecule has 450 valence electrons. The van der Waals surface area contributed by atoms with E-state index in [1.807, 2.05) is 45.4 Å². The van der Waals surface area contributed by atoms with Gasteiger partial charge in [-0.05, 0) is 115 Å². The Hall–Kier alpha value is -3.85. The van der Waals surface area contributed by atoms with Crippen molar-refractivity contribution >= 4 is 19.7 Å². The second-order valence-corrected chi connectivity index (χ2v) is 23.3. The van der Waals surface area contributed by atoms with Crippen molar-refractivity contribution in [2.75, 3.05) is 40.9 Å². The molecule has 3 atom stereocenters. The third-order valence-corrected chi connectivity index (χ3v) is 14.1. The molecule has 0 saturated carbocycles. The van der Waals surface area contributed by atoms with Crippen LogP contribution in [-0.4, -0.2) is 74.3 Å². The van der Waals surface area contributed by atoms with Crippen LogP contribution in [0.4, 0.5) is 0 Å². The summed E-state index contributed by atoms with van der Waals surface area (Å²) in [4.78, 5) is 37.7. The zero-order valence-corrected chi connectivity index (χ0v) is 52.2. The van der Waals surface area contributed by atoms with E-state index < -0.39 is 20.0 Å². The summed E-state index contributed by atoms with van der Waals surface area (Å²) < 4.78 is 30.6. The standard InChI is InChI=1S/C69H117N2O7P/c1-7-10-13-16-19-22-25-28-30-32-34-35-37-39-41-44-47-50-53-56-59-62-69(73)78-67(60-57-54-51-48-45-42-27-24-21-18-15-12-9-3)66(65-77-79(74,75)76-64-63-71(4,5)6)70-68(72)61-58-55-52-49-46-43-40-38-36-33-31-29-26-23-20-17-14-11-8-2/h11,14,19-20,22-23,28-31,34-36,38-39,41,43,46,52,55,57,60,66-67H,7-10,12-13,15-18,21,24-27,32-33,37,40,42,44-45,47-51,53-54,56,58-59,61-65H2,1-6H3,(H-,70,72,74,75)/p+1/b14-11-,22-19-,23-20-,30-28-,31-29-,35-34-,38-36-,41-39-,46-43-,55-52-,60-57+. The number of nitrogens with one attached hydrogen (secondary N) is 1. The van der Waals surface area contributed by atoms with Gasteiger partial charge in [0.1, 0.15) is 19.3 Å². The van der Waals surface area contributed by atoms with Gasteiger partial charge in [-0.2, -0.15) is 0 Å². The zero-order chi connectivity index (χ0) is 57.9.